The number of hydrogen-bond donors (Lipinski definition) is 1. The van der Waals surface area contributed by atoms with E-state index in [-0.39, 0.29) is 62.5 Å². The monoisotopic (exact) mass is 752 g/mol. The number of likely N-dealkylation sites (N-methyl/N-ethyl adjacent to an activating group) is 1. The predicted octanol–water partition coefficient (Wildman–Crippen LogP) is 7.86. The summed E-state index contributed by atoms with van der Waals surface area (Å²) in [5.41, 5.74) is -0.422. The van der Waals surface area contributed by atoms with E-state index in [4.69, 9.17) is 14.6 Å². The van der Waals surface area contributed by atoms with E-state index >= 15 is 0 Å². The maximum Gasteiger partial charge on any atom is 0.307 e. The molecule has 12 atom stereocenters. The van der Waals surface area contributed by atoms with Gasteiger partial charge in [-0.2, -0.15) is 5.10 Å². The second-order valence-electron chi connectivity index (χ2n) is 21.5. The van der Waals surface area contributed by atoms with E-state index in [0.29, 0.717) is 37.5 Å². The standard InChI is InChI=1S/C44H73N5O5/c1-27(2)28(3)39(7)20-21-41(9)29-16-17-32-40(8)23-53-25-44(32,30(29)18-19-42(41,10)33(39)37(51)52)22-31(49-35(45-26-46-49)36(50)47(12)13)34(40)54-24-43(11,48(14)15)38(4,5)6/h18,26-29,31-34H,16-17,19-25H2,1-15H3,(H,51,52)/t28-,29+,31-,32+,33-,34+,39-,40+,41-,42+,43+,44+/m1/s1. The Morgan fingerprint density at radius 1 is 1.02 bits per heavy atom. The number of ether oxygens (including phenoxy) is 2. The third kappa shape index (κ3) is 5.63. The lowest BCUT2D eigenvalue weighted by molar-refractivity contribution is -0.256. The lowest BCUT2D eigenvalue weighted by Gasteiger charge is -2.71. The maximum absolute atomic E-state index is 13.7. The highest BCUT2D eigenvalue weighted by Crippen LogP contribution is 2.75. The average Bonchev–Trinajstić information content (AvgIpc) is 3.56. The number of nitrogens with zero attached hydrogens (tertiary/aromatic N) is 5. The zero-order valence-corrected chi connectivity index (χ0v) is 36.4. The second-order valence-corrected chi connectivity index (χ2v) is 21.5. The number of amides is 1. The zero-order valence-electron chi connectivity index (χ0n) is 36.4. The lowest BCUT2D eigenvalue weighted by atomic mass is 9.34. The first-order chi connectivity index (χ1) is 24.9. The molecular weight excluding hydrogens is 679 g/mol. The molecule has 10 nitrogen and oxygen atoms in total. The lowest BCUT2D eigenvalue weighted by Crippen LogP contribution is -2.69. The van der Waals surface area contributed by atoms with Gasteiger partial charge in [0.25, 0.3) is 5.91 Å². The maximum atomic E-state index is 13.7. The Labute approximate surface area is 326 Å². The van der Waals surface area contributed by atoms with Gasteiger partial charge in [-0.1, -0.05) is 80.9 Å². The molecular formula is C44H73N5O5. The number of carbonyl (C=O) groups is 2. The molecule has 1 aromatic rings. The van der Waals surface area contributed by atoms with Crippen molar-refractivity contribution in [2.24, 2.45) is 62.1 Å². The second kappa shape index (κ2) is 13.4. The van der Waals surface area contributed by atoms with Crippen molar-refractivity contribution >= 4 is 11.9 Å². The summed E-state index contributed by atoms with van der Waals surface area (Å²) in [5.74, 6) is 0.318. The molecule has 10 heteroatoms. The molecule has 4 aliphatic carbocycles. The molecule has 1 aliphatic heterocycles. The van der Waals surface area contributed by atoms with Gasteiger partial charge in [-0.25, -0.2) is 9.67 Å². The minimum absolute atomic E-state index is 0.0718. The largest absolute Gasteiger partial charge is 0.481 e. The number of hydrogen-bond acceptors (Lipinski definition) is 7. The van der Waals surface area contributed by atoms with Crippen LogP contribution in [0.25, 0.3) is 0 Å². The first-order valence-electron chi connectivity index (χ1n) is 20.8. The molecule has 0 radical (unpaired) electrons. The first kappa shape index (κ1) is 41.3. The molecule has 6 rings (SSSR count). The molecule has 304 valence electrons. The number of carbonyl (C=O) groups excluding carboxylic acids is 1. The van der Waals surface area contributed by atoms with Crippen molar-refractivity contribution in [3.8, 4) is 0 Å². The van der Waals surface area contributed by atoms with Crippen LogP contribution >= 0.6 is 0 Å². The van der Waals surface area contributed by atoms with Crippen LogP contribution in [0, 0.1) is 62.1 Å². The Bertz CT molecular complexity index is 1650. The number of allylic oxidation sites excluding steroid dienone is 1. The van der Waals surface area contributed by atoms with Crippen molar-refractivity contribution in [2.75, 3.05) is 48.0 Å². The molecule has 2 bridgehead atoms. The zero-order chi connectivity index (χ0) is 40.2. The van der Waals surface area contributed by atoms with Crippen molar-refractivity contribution in [1.82, 2.24) is 24.6 Å². The van der Waals surface area contributed by atoms with Gasteiger partial charge in [-0.05, 0) is 105 Å². The van der Waals surface area contributed by atoms with E-state index in [1.165, 1.54) is 11.9 Å². The van der Waals surface area contributed by atoms with E-state index in [1.54, 1.807) is 19.0 Å². The molecule has 0 aromatic carbocycles. The van der Waals surface area contributed by atoms with Crippen LogP contribution < -0.4 is 0 Å². The van der Waals surface area contributed by atoms with Gasteiger partial charge in [0.15, 0.2) is 0 Å². The van der Waals surface area contributed by atoms with Crippen molar-refractivity contribution in [2.45, 2.75) is 132 Å². The number of carboxylic acid groups (broad SMARTS) is 1. The van der Waals surface area contributed by atoms with Crippen LogP contribution in [0.15, 0.2) is 18.0 Å². The Morgan fingerprint density at radius 2 is 1.69 bits per heavy atom. The highest BCUT2D eigenvalue weighted by atomic mass is 16.5. The van der Waals surface area contributed by atoms with Crippen LogP contribution in [0.4, 0.5) is 0 Å². The number of aromatic nitrogens is 3. The molecule has 1 aromatic heterocycles. The van der Waals surface area contributed by atoms with E-state index < -0.39 is 17.3 Å². The van der Waals surface area contributed by atoms with Gasteiger partial charge in [0.05, 0.1) is 37.9 Å². The number of fused-ring (bicyclic) bond motifs is 3. The molecule has 1 N–H and O–H groups in total. The van der Waals surface area contributed by atoms with Gasteiger partial charge in [-0.15, -0.1) is 0 Å². The summed E-state index contributed by atoms with van der Waals surface area (Å²) in [4.78, 5) is 35.7. The van der Waals surface area contributed by atoms with Gasteiger partial charge in [-0.3, -0.25) is 9.59 Å². The van der Waals surface area contributed by atoms with Crippen molar-refractivity contribution < 1.29 is 24.2 Å². The van der Waals surface area contributed by atoms with Crippen LogP contribution in [-0.2, 0) is 14.3 Å². The van der Waals surface area contributed by atoms with Gasteiger partial charge in [0.1, 0.15) is 6.33 Å². The summed E-state index contributed by atoms with van der Waals surface area (Å²) in [6.07, 6.45) is 9.18. The molecule has 54 heavy (non-hydrogen) atoms. The third-order valence-corrected chi connectivity index (χ3v) is 17.7. The van der Waals surface area contributed by atoms with Crippen LogP contribution in [0.5, 0.6) is 0 Å². The minimum atomic E-state index is -0.641. The van der Waals surface area contributed by atoms with Gasteiger partial charge in [0, 0.05) is 30.5 Å². The normalized spacial score (nSPS) is 40.9. The molecule has 4 fully saturated rings. The molecule has 0 unspecified atom stereocenters. The number of rotatable bonds is 9. The summed E-state index contributed by atoms with van der Waals surface area (Å²) in [7, 11) is 7.79. The minimum Gasteiger partial charge on any atom is -0.481 e. The SMILES string of the molecule is CC(C)[C@@H](C)[C@@]1(C)CC[C@]2(C)[C@H]3CC[C@@H]4[C@@]5(COC[C@]4(C)[C@@H](OC[C@](C)(N(C)C)C(C)(C)C)[C@H](n4ncnc4C(=O)N(C)C)C5)C3=CC[C@@]2(C)[C@@H]1C(=O)O. The summed E-state index contributed by atoms with van der Waals surface area (Å²) >= 11 is 0. The Balaban J connectivity index is 1.49. The fourth-order valence-electron chi connectivity index (χ4n) is 13.2. The topological polar surface area (TPSA) is 110 Å². The third-order valence-electron chi connectivity index (χ3n) is 17.7. The smallest absolute Gasteiger partial charge is 0.307 e. The van der Waals surface area contributed by atoms with Crippen LogP contribution in [0.3, 0.4) is 0 Å². The van der Waals surface area contributed by atoms with Crippen LogP contribution in [0.1, 0.15) is 131 Å². The molecule has 3 saturated carbocycles. The Morgan fingerprint density at radius 3 is 2.26 bits per heavy atom. The van der Waals surface area contributed by atoms with Crippen molar-refractivity contribution in [1.29, 1.82) is 0 Å². The van der Waals surface area contributed by atoms with E-state index in [2.05, 4.69) is 106 Å². The quantitative estimate of drug-likeness (QED) is 0.254. The van der Waals surface area contributed by atoms with Gasteiger partial charge >= 0.3 is 5.97 Å². The van der Waals surface area contributed by atoms with E-state index in [9.17, 15) is 14.7 Å². The van der Waals surface area contributed by atoms with Gasteiger partial charge in [0.2, 0.25) is 5.82 Å². The highest BCUT2D eigenvalue weighted by molar-refractivity contribution is 5.90. The Kier molecular flexibility index (Phi) is 10.3. The molecule has 5 aliphatic rings. The van der Waals surface area contributed by atoms with Crippen molar-refractivity contribution in [3.05, 3.63) is 23.8 Å². The van der Waals surface area contributed by atoms with Gasteiger partial charge < -0.3 is 24.4 Å². The summed E-state index contributed by atoms with van der Waals surface area (Å²) in [6, 6.07) is -0.253. The van der Waals surface area contributed by atoms with E-state index in [1.807, 2.05) is 4.68 Å². The average molecular weight is 752 g/mol. The number of carboxylic acids is 1. The molecule has 0 spiro atoms. The molecule has 2 heterocycles. The highest BCUT2D eigenvalue weighted by Gasteiger charge is 2.72. The summed E-state index contributed by atoms with van der Waals surface area (Å²) in [6.45, 7) is 27.0. The molecule has 1 saturated heterocycles. The summed E-state index contributed by atoms with van der Waals surface area (Å²) < 4.78 is 16.0. The van der Waals surface area contributed by atoms with Crippen LogP contribution in [-0.4, -0.2) is 101 Å². The predicted molar refractivity (Wildman–Crippen MR) is 212 cm³/mol. The Hall–Kier alpha value is -2.30. The first-order valence-corrected chi connectivity index (χ1v) is 20.8. The van der Waals surface area contributed by atoms with Crippen LogP contribution in [0.2, 0.25) is 0 Å². The number of aliphatic carboxylic acids is 1. The van der Waals surface area contributed by atoms with Crippen molar-refractivity contribution in [3.63, 3.8) is 0 Å². The fraction of sp³-hybridized carbons (Fsp3) is 0.864. The summed E-state index contributed by atoms with van der Waals surface area (Å²) in [5, 5.41) is 16.0. The molecule has 1 amide bonds. The fourth-order valence-corrected chi connectivity index (χ4v) is 13.2. The van der Waals surface area contributed by atoms with E-state index in [0.717, 1.165) is 38.5 Å².